The zero-order valence-corrected chi connectivity index (χ0v) is 24.8. The van der Waals surface area contributed by atoms with Crippen LogP contribution in [-0.2, 0) is 23.0 Å². The van der Waals surface area contributed by atoms with Gasteiger partial charge in [-0.1, -0.05) is 35.9 Å². The van der Waals surface area contributed by atoms with E-state index in [1.54, 1.807) is 11.7 Å². The van der Waals surface area contributed by atoms with Gasteiger partial charge in [0.25, 0.3) is 5.91 Å². The summed E-state index contributed by atoms with van der Waals surface area (Å²) in [4.78, 5) is 28.4. The predicted molar refractivity (Wildman–Crippen MR) is 162 cm³/mol. The summed E-state index contributed by atoms with van der Waals surface area (Å²) in [5, 5.41) is 7.85. The Morgan fingerprint density at radius 2 is 1.98 bits per heavy atom. The molecular weight excluding hydrogens is 555 g/mol. The number of hydrogen-bond acceptors (Lipinski definition) is 4. The molecule has 0 radical (unpaired) electrons. The molecule has 1 spiro atoms. The van der Waals surface area contributed by atoms with Crippen LogP contribution in [0, 0.1) is 17.2 Å². The molecule has 42 heavy (non-hydrogen) atoms. The molecule has 2 aliphatic carbocycles. The highest BCUT2D eigenvalue weighted by molar-refractivity contribution is 6.34. The first-order chi connectivity index (χ1) is 20.2. The van der Waals surface area contributed by atoms with E-state index in [0.717, 1.165) is 31.2 Å². The number of nitrogens with one attached hydrogen (secondary N) is 1. The van der Waals surface area contributed by atoms with Gasteiger partial charge in [0.2, 0.25) is 5.91 Å². The number of hydrogen-bond donors (Lipinski definition) is 1. The van der Waals surface area contributed by atoms with Crippen LogP contribution in [0.2, 0.25) is 5.02 Å². The van der Waals surface area contributed by atoms with Crippen LogP contribution in [0.15, 0.2) is 49.1 Å². The number of carbonyl (C=O) groups excluding carboxylic acids is 2. The summed E-state index contributed by atoms with van der Waals surface area (Å²) in [5.41, 5.74) is 1.96. The van der Waals surface area contributed by atoms with Crippen molar-refractivity contribution in [2.45, 2.75) is 69.9 Å². The Balaban J connectivity index is 1.11. The van der Waals surface area contributed by atoms with E-state index in [-0.39, 0.29) is 46.4 Å². The van der Waals surface area contributed by atoms with Crippen molar-refractivity contribution >= 4 is 40.0 Å². The molecule has 222 valence electrons. The summed E-state index contributed by atoms with van der Waals surface area (Å²) in [6.45, 7) is 4.99. The lowest BCUT2D eigenvalue weighted by Gasteiger charge is -2.31. The van der Waals surface area contributed by atoms with Crippen LogP contribution >= 0.6 is 11.6 Å². The molecule has 7 nitrogen and oxygen atoms in total. The number of carbonyl (C=O) groups is 2. The third kappa shape index (κ3) is 5.97. The minimum Gasteiger partial charge on any atom is -0.376 e. The van der Waals surface area contributed by atoms with Crippen LogP contribution in [0.25, 0.3) is 10.9 Å². The van der Waals surface area contributed by atoms with Crippen LogP contribution < -0.4 is 5.32 Å². The fraction of sp³-hybridized carbons (Fsp3) is 0.485. The quantitative estimate of drug-likeness (QED) is 0.281. The van der Waals surface area contributed by atoms with E-state index in [2.05, 4.69) is 17.0 Å². The third-order valence-corrected chi connectivity index (χ3v) is 9.81. The van der Waals surface area contributed by atoms with E-state index in [0.29, 0.717) is 29.9 Å². The molecule has 2 amide bonds. The molecule has 1 aliphatic heterocycles. The topological polar surface area (TPSA) is 76.5 Å². The maximum atomic E-state index is 15.3. The van der Waals surface area contributed by atoms with Gasteiger partial charge >= 0.3 is 0 Å². The number of benzene rings is 2. The van der Waals surface area contributed by atoms with Gasteiger partial charge in [0.05, 0.1) is 41.4 Å². The number of ether oxygens (including phenoxy) is 1. The van der Waals surface area contributed by atoms with Crippen LogP contribution in [0.5, 0.6) is 0 Å². The number of nitrogens with zero attached hydrogens (tertiary/aromatic N) is 3. The normalized spacial score (nSPS) is 21.6. The number of halogens is 2. The van der Waals surface area contributed by atoms with Gasteiger partial charge in [0.15, 0.2) is 5.69 Å². The summed E-state index contributed by atoms with van der Waals surface area (Å²) in [6, 6.07) is 9.94. The Morgan fingerprint density at radius 1 is 1.21 bits per heavy atom. The van der Waals surface area contributed by atoms with Gasteiger partial charge in [-0.15, -0.1) is 6.58 Å². The molecule has 2 aromatic carbocycles. The number of fused-ring (bicyclic) bond motifs is 1. The van der Waals surface area contributed by atoms with E-state index in [9.17, 15) is 9.59 Å². The largest absolute Gasteiger partial charge is 0.376 e. The minimum atomic E-state index is -0.597. The molecule has 1 aromatic heterocycles. The first-order valence-electron chi connectivity index (χ1n) is 15.0. The molecule has 0 unspecified atom stereocenters. The predicted octanol–water partition coefficient (Wildman–Crippen LogP) is 6.69. The lowest BCUT2D eigenvalue weighted by molar-refractivity contribution is -0.133. The SMILES string of the molecule is C=CC[C@H]1C[C@@H](COC2CCC3(CC2)CC3)N(C(=O)Cc2cc(Cl)c(NC(=O)c3nn(C)c4ccccc34)cc2F)C1. The summed E-state index contributed by atoms with van der Waals surface area (Å²) < 4.78 is 23.3. The van der Waals surface area contributed by atoms with Crippen molar-refractivity contribution in [2.75, 3.05) is 18.5 Å². The first kappa shape index (κ1) is 28.9. The summed E-state index contributed by atoms with van der Waals surface area (Å²) in [5.74, 6) is -0.924. The number of para-hydroxylation sites is 1. The fourth-order valence-electron chi connectivity index (χ4n) is 6.82. The zero-order chi connectivity index (χ0) is 29.4. The first-order valence-corrected chi connectivity index (χ1v) is 15.4. The maximum Gasteiger partial charge on any atom is 0.276 e. The fourth-order valence-corrected chi connectivity index (χ4v) is 7.06. The Morgan fingerprint density at radius 3 is 2.71 bits per heavy atom. The average Bonchev–Trinajstić information content (AvgIpc) is 3.46. The lowest BCUT2D eigenvalue weighted by Crippen LogP contribution is -2.40. The number of amides is 2. The standard InChI is InChI=1S/C33H38ClFN4O3/c1-3-6-21-15-23(20-42-24-9-11-33(12-10-24)13-14-33)39(19-21)30(40)17-22-16-26(34)28(18-27(22)35)36-32(41)31-25-7-4-5-8-29(25)38(2)37-31/h3-5,7-8,16,18,21,23-24H,1,6,9-15,17,19-20H2,2H3,(H,36,41)/t21-,23-/m0/s1. The molecule has 3 aromatic rings. The average molecular weight is 593 g/mol. The van der Waals surface area contributed by atoms with E-state index in [1.807, 2.05) is 35.2 Å². The highest BCUT2D eigenvalue weighted by atomic mass is 35.5. The van der Waals surface area contributed by atoms with Crippen LogP contribution in [0.4, 0.5) is 10.1 Å². The van der Waals surface area contributed by atoms with Gasteiger partial charge in [-0.3, -0.25) is 14.3 Å². The monoisotopic (exact) mass is 592 g/mol. The highest BCUT2D eigenvalue weighted by Crippen LogP contribution is 2.56. The van der Waals surface area contributed by atoms with E-state index < -0.39 is 11.7 Å². The second-order valence-corrected chi connectivity index (χ2v) is 12.8. The number of allylic oxidation sites excluding steroid dienone is 1. The van der Waals surface area contributed by atoms with E-state index >= 15 is 4.39 Å². The number of likely N-dealkylation sites (tertiary alicyclic amines) is 1. The molecule has 0 bridgehead atoms. The lowest BCUT2D eigenvalue weighted by atomic mass is 9.85. The van der Waals surface area contributed by atoms with Crippen molar-refractivity contribution in [3.63, 3.8) is 0 Å². The van der Waals surface area contributed by atoms with Gasteiger partial charge in [-0.2, -0.15) is 5.10 Å². The Bertz CT molecular complexity index is 1510. The van der Waals surface area contributed by atoms with Crippen molar-refractivity contribution in [2.24, 2.45) is 18.4 Å². The van der Waals surface area contributed by atoms with Crippen LogP contribution in [0.1, 0.15) is 67.4 Å². The van der Waals surface area contributed by atoms with E-state index in [4.69, 9.17) is 16.3 Å². The van der Waals surface area contributed by atoms with Crippen molar-refractivity contribution in [3.05, 3.63) is 71.2 Å². The van der Waals surface area contributed by atoms with Gasteiger partial charge < -0.3 is 15.0 Å². The van der Waals surface area contributed by atoms with E-state index in [1.165, 1.54) is 37.8 Å². The van der Waals surface area contributed by atoms with Crippen molar-refractivity contribution < 1.29 is 18.7 Å². The summed E-state index contributed by atoms with van der Waals surface area (Å²) in [7, 11) is 1.76. The van der Waals surface area contributed by atoms with Gasteiger partial charge in [0.1, 0.15) is 5.82 Å². The maximum absolute atomic E-state index is 15.3. The molecule has 2 saturated carbocycles. The summed E-state index contributed by atoms with van der Waals surface area (Å²) >= 11 is 6.49. The highest BCUT2D eigenvalue weighted by Gasteiger charge is 2.45. The molecule has 6 rings (SSSR count). The molecule has 1 saturated heterocycles. The van der Waals surface area contributed by atoms with Crippen molar-refractivity contribution in [1.29, 1.82) is 0 Å². The second kappa shape index (κ2) is 11.8. The molecule has 1 N–H and O–H groups in total. The molecule has 9 heteroatoms. The zero-order valence-electron chi connectivity index (χ0n) is 24.1. The number of anilines is 1. The molecule has 3 fully saturated rings. The second-order valence-electron chi connectivity index (χ2n) is 12.4. The minimum absolute atomic E-state index is 0.0375. The van der Waals surface area contributed by atoms with Crippen molar-refractivity contribution in [3.8, 4) is 0 Å². The van der Waals surface area contributed by atoms with Gasteiger partial charge in [-0.25, -0.2) is 4.39 Å². The van der Waals surface area contributed by atoms with Gasteiger partial charge in [-0.05, 0) is 86.5 Å². The number of aromatic nitrogens is 2. The smallest absolute Gasteiger partial charge is 0.276 e. The summed E-state index contributed by atoms with van der Waals surface area (Å²) in [6.07, 6.45) is 11.1. The number of aryl methyl sites for hydroxylation is 1. The molecule has 2 heterocycles. The van der Waals surface area contributed by atoms with Crippen LogP contribution in [-0.4, -0.2) is 51.8 Å². The van der Waals surface area contributed by atoms with Crippen molar-refractivity contribution in [1.82, 2.24) is 14.7 Å². The molecule has 2 atom stereocenters. The third-order valence-electron chi connectivity index (χ3n) is 9.49. The Hall–Kier alpha value is -3.23. The van der Waals surface area contributed by atoms with Gasteiger partial charge in [0, 0.05) is 19.0 Å². The molecule has 3 aliphatic rings. The Labute approximate surface area is 251 Å². The Kier molecular flexibility index (Phi) is 8.11. The molecular formula is C33H38ClFN4O3. The number of rotatable bonds is 9. The van der Waals surface area contributed by atoms with Crippen LogP contribution in [0.3, 0.4) is 0 Å².